The minimum absolute atomic E-state index is 0.149. The number of ether oxygens (including phenoxy) is 2. The van der Waals surface area contributed by atoms with Crippen LogP contribution < -0.4 is 10.1 Å². The van der Waals surface area contributed by atoms with Gasteiger partial charge in [0.1, 0.15) is 11.8 Å². The summed E-state index contributed by atoms with van der Waals surface area (Å²) in [5, 5.41) is 2.70. The minimum atomic E-state index is -0.852. The average Bonchev–Trinajstić information content (AvgIpc) is 2.67. The Balaban J connectivity index is 2.02. The number of rotatable bonds is 9. The number of carbonyl (C=O) groups is 3. The Morgan fingerprint density at radius 3 is 2.59 bits per heavy atom. The van der Waals surface area contributed by atoms with Crippen molar-refractivity contribution in [2.24, 2.45) is 0 Å². The first-order valence-electron chi connectivity index (χ1n) is 9.54. The number of esters is 1. The van der Waals surface area contributed by atoms with E-state index >= 15 is 0 Å². The van der Waals surface area contributed by atoms with Crippen molar-refractivity contribution >= 4 is 17.8 Å². The predicted molar refractivity (Wildman–Crippen MR) is 101 cm³/mol. The molecule has 0 aliphatic carbocycles. The Morgan fingerprint density at radius 1 is 1.19 bits per heavy atom. The summed E-state index contributed by atoms with van der Waals surface area (Å²) in [6.07, 6.45) is 3.10. The fourth-order valence-electron chi connectivity index (χ4n) is 2.94. The summed E-state index contributed by atoms with van der Waals surface area (Å²) in [7, 11) is 0. The standard InChI is InChI=1S/C20H28N2O5/c1-3-5-6-13-27-16-9-7-15(8-10-16)20(25)22-12-11-21-19(24)17(22)14-18(23)26-4-2/h7-10,17H,3-6,11-14H2,1-2H3,(H,21,24)/t17-/m1/s1. The van der Waals surface area contributed by atoms with Crippen LogP contribution in [0.1, 0.15) is 49.9 Å². The Hall–Kier alpha value is -2.57. The van der Waals surface area contributed by atoms with E-state index in [0.717, 1.165) is 19.3 Å². The van der Waals surface area contributed by atoms with Crippen LogP contribution in [0.15, 0.2) is 24.3 Å². The fraction of sp³-hybridized carbons (Fsp3) is 0.550. The minimum Gasteiger partial charge on any atom is -0.494 e. The van der Waals surface area contributed by atoms with Crippen LogP contribution in [-0.4, -0.2) is 55.0 Å². The highest BCUT2D eigenvalue weighted by Gasteiger charge is 2.35. The maximum Gasteiger partial charge on any atom is 0.308 e. The van der Waals surface area contributed by atoms with Crippen molar-refractivity contribution < 1.29 is 23.9 Å². The molecule has 0 spiro atoms. The maximum atomic E-state index is 12.9. The van der Waals surface area contributed by atoms with Crippen LogP contribution in [0.4, 0.5) is 0 Å². The zero-order valence-corrected chi connectivity index (χ0v) is 16.0. The number of amides is 2. The molecule has 2 amide bonds. The number of nitrogens with zero attached hydrogens (tertiary/aromatic N) is 1. The molecule has 0 bridgehead atoms. The number of hydrogen-bond donors (Lipinski definition) is 1. The third-order valence-electron chi connectivity index (χ3n) is 4.37. The van der Waals surface area contributed by atoms with Gasteiger partial charge in [-0.2, -0.15) is 0 Å². The summed E-state index contributed by atoms with van der Waals surface area (Å²) in [6.45, 7) is 5.44. The lowest BCUT2D eigenvalue weighted by Crippen LogP contribution is -2.57. The molecule has 0 unspecified atom stereocenters. The second-order valence-corrected chi connectivity index (χ2v) is 6.39. The molecule has 1 aliphatic rings. The van der Waals surface area contributed by atoms with E-state index in [9.17, 15) is 14.4 Å². The van der Waals surface area contributed by atoms with Crippen molar-refractivity contribution in [1.82, 2.24) is 10.2 Å². The first kappa shape index (κ1) is 20.7. The van der Waals surface area contributed by atoms with Gasteiger partial charge in [-0.05, 0) is 37.6 Å². The Kier molecular flexibility index (Phi) is 8.10. The van der Waals surface area contributed by atoms with Gasteiger partial charge in [0.25, 0.3) is 5.91 Å². The van der Waals surface area contributed by atoms with Gasteiger partial charge >= 0.3 is 5.97 Å². The Bertz CT molecular complexity index is 644. The number of nitrogens with one attached hydrogen (secondary N) is 1. The van der Waals surface area contributed by atoms with Crippen LogP contribution in [-0.2, 0) is 14.3 Å². The van der Waals surface area contributed by atoms with Crippen molar-refractivity contribution in [3.05, 3.63) is 29.8 Å². The first-order valence-corrected chi connectivity index (χ1v) is 9.54. The molecule has 0 aromatic heterocycles. The van der Waals surface area contributed by atoms with Gasteiger partial charge in [-0.15, -0.1) is 0 Å². The SMILES string of the molecule is CCCCCOc1ccc(C(=O)N2CCNC(=O)[C@H]2CC(=O)OCC)cc1. The van der Waals surface area contributed by atoms with Gasteiger partial charge in [0.05, 0.1) is 19.6 Å². The van der Waals surface area contributed by atoms with E-state index in [1.165, 1.54) is 4.90 Å². The molecule has 148 valence electrons. The highest BCUT2D eigenvalue weighted by molar-refractivity contribution is 5.99. The lowest BCUT2D eigenvalue weighted by Gasteiger charge is -2.34. The van der Waals surface area contributed by atoms with E-state index in [-0.39, 0.29) is 24.8 Å². The highest BCUT2D eigenvalue weighted by Crippen LogP contribution is 2.18. The summed E-state index contributed by atoms with van der Waals surface area (Å²) >= 11 is 0. The molecule has 1 fully saturated rings. The highest BCUT2D eigenvalue weighted by atomic mass is 16.5. The van der Waals surface area contributed by atoms with Gasteiger partial charge in [0, 0.05) is 18.7 Å². The third kappa shape index (κ3) is 5.98. The van der Waals surface area contributed by atoms with Gasteiger partial charge in [-0.25, -0.2) is 0 Å². The number of hydrogen-bond acceptors (Lipinski definition) is 5. The monoisotopic (exact) mass is 376 g/mol. The second-order valence-electron chi connectivity index (χ2n) is 6.39. The molecule has 0 radical (unpaired) electrons. The smallest absolute Gasteiger partial charge is 0.308 e. The van der Waals surface area contributed by atoms with Crippen LogP contribution in [0.2, 0.25) is 0 Å². The predicted octanol–water partition coefficient (Wildman–Crippen LogP) is 2.15. The second kappa shape index (κ2) is 10.5. The van der Waals surface area contributed by atoms with Gasteiger partial charge in [-0.3, -0.25) is 14.4 Å². The van der Waals surface area contributed by atoms with Crippen molar-refractivity contribution in [3.63, 3.8) is 0 Å². The molecular formula is C20H28N2O5. The van der Waals surface area contributed by atoms with Gasteiger partial charge in [-0.1, -0.05) is 19.8 Å². The zero-order chi connectivity index (χ0) is 19.6. The van der Waals surface area contributed by atoms with Gasteiger partial charge in [0.15, 0.2) is 0 Å². The molecule has 1 N–H and O–H groups in total. The van der Waals surface area contributed by atoms with Crippen molar-refractivity contribution in [2.75, 3.05) is 26.3 Å². The molecule has 1 atom stereocenters. The van der Waals surface area contributed by atoms with E-state index < -0.39 is 12.0 Å². The van der Waals surface area contributed by atoms with E-state index in [2.05, 4.69) is 12.2 Å². The molecule has 27 heavy (non-hydrogen) atoms. The number of carbonyl (C=O) groups excluding carboxylic acids is 3. The largest absolute Gasteiger partial charge is 0.494 e. The molecule has 7 heteroatoms. The summed E-state index contributed by atoms with van der Waals surface area (Å²) < 4.78 is 10.6. The summed E-state index contributed by atoms with van der Waals surface area (Å²) in [6, 6.07) is 6.03. The van der Waals surface area contributed by atoms with Crippen LogP contribution in [0, 0.1) is 0 Å². The van der Waals surface area contributed by atoms with Crippen molar-refractivity contribution in [3.8, 4) is 5.75 Å². The molecule has 0 saturated carbocycles. The lowest BCUT2D eigenvalue weighted by molar-refractivity contribution is -0.147. The fourth-order valence-corrected chi connectivity index (χ4v) is 2.94. The zero-order valence-electron chi connectivity index (χ0n) is 16.0. The Labute approximate surface area is 160 Å². The number of benzene rings is 1. The molecule has 1 aromatic carbocycles. The first-order chi connectivity index (χ1) is 13.1. The quantitative estimate of drug-likeness (QED) is 0.527. The molecule has 2 rings (SSSR count). The Morgan fingerprint density at radius 2 is 1.93 bits per heavy atom. The molecule has 1 saturated heterocycles. The normalized spacial score (nSPS) is 16.6. The summed E-state index contributed by atoms with van der Waals surface area (Å²) in [4.78, 5) is 38.3. The van der Waals surface area contributed by atoms with E-state index in [1.54, 1.807) is 31.2 Å². The average molecular weight is 376 g/mol. The topological polar surface area (TPSA) is 84.9 Å². The van der Waals surface area contributed by atoms with Crippen LogP contribution in [0.25, 0.3) is 0 Å². The van der Waals surface area contributed by atoms with Crippen LogP contribution in [0.5, 0.6) is 5.75 Å². The third-order valence-corrected chi connectivity index (χ3v) is 4.37. The van der Waals surface area contributed by atoms with E-state index in [1.807, 2.05) is 0 Å². The molecular weight excluding hydrogens is 348 g/mol. The van der Waals surface area contributed by atoms with E-state index in [4.69, 9.17) is 9.47 Å². The molecule has 1 heterocycles. The number of piperazine rings is 1. The number of unbranched alkanes of at least 4 members (excludes halogenated alkanes) is 2. The van der Waals surface area contributed by atoms with Crippen molar-refractivity contribution in [1.29, 1.82) is 0 Å². The molecule has 1 aromatic rings. The molecule has 7 nitrogen and oxygen atoms in total. The summed E-state index contributed by atoms with van der Waals surface area (Å²) in [5.74, 6) is -0.398. The lowest BCUT2D eigenvalue weighted by atomic mass is 10.1. The maximum absolute atomic E-state index is 12.9. The van der Waals surface area contributed by atoms with Crippen LogP contribution >= 0.6 is 0 Å². The van der Waals surface area contributed by atoms with Crippen LogP contribution in [0.3, 0.4) is 0 Å². The van der Waals surface area contributed by atoms with Gasteiger partial charge < -0.3 is 19.7 Å². The van der Waals surface area contributed by atoms with Gasteiger partial charge in [0.2, 0.25) is 5.91 Å². The molecule has 1 aliphatic heterocycles. The summed E-state index contributed by atoms with van der Waals surface area (Å²) in [5.41, 5.74) is 0.458. The van der Waals surface area contributed by atoms with E-state index in [0.29, 0.717) is 31.0 Å². The van der Waals surface area contributed by atoms with Crippen molar-refractivity contribution in [2.45, 2.75) is 45.6 Å².